The molecule has 1 aromatic heterocycles. The standard InChI is InChI=1S/C25H31Cl3N4O2/c1-24(2,3)10-9-19(34)32(15-7-8-18(33)17(13-15)25(4,5)6)12-11-30-23-21(27)16(14-29)20(26)22(28)31-23/h7-8,13,33H,9-12H2,1-6H3,(H,30,31). The Morgan fingerprint density at radius 2 is 1.79 bits per heavy atom. The number of nitrogens with zero attached hydrogens (tertiary/aromatic N) is 3. The number of pyridine rings is 1. The third-order valence-corrected chi connectivity index (χ3v) is 6.37. The van der Waals surface area contributed by atoms with E-state index >= 15 is 0 Å². The van der Waals surface area contributed by atoms with Crippen LogP contribution in [-0.4, -0.2) is 29.1 Å². The molecule has 1 heterocycles. The number of aromatic hydroxyl groups is 1. The number of hydrogen-bond acceptors (Lipinski definition) is 5. The summed E-state index contributed by atoms with van der Waals surface area (Å²) in [6.07, 6.45) is 1.10. The van der Waals surface area contributed by atoms with E-state index in [4.69, 9.17) is 34.8 Å². The molecule has 0 spiro atoms. The molecule has 2 rings (SSSR count). The van der Waals surface area contributed by atoms with Gasteiger partial charge in [0.25, 0.3) is 0 Å². The summed E-state index contributed by atoms with van der Waals surface area (Å²) in [6, 6.07) is 7.13. The highest BCUT2D eigenvalue weighted by Crippen LogP contribution is 2.35. The normalized spacial score (nSPS) is 11.8. The molecule has 0 aliphatic heterocycles. The van der Waals surface area contributed by atoms with Gasteiger partial charge in [0.15, 0.2) is 5.15 Å². The van der Waals surface area contributed by atoms with E-state index in [1.165, 1.54) is 0 Å². The highest BCUT2D eigenvalue weighted by atomic mass is 35.5. The molecule has 0 atom stereocenters. The predicted octanol–water partition coefficient (Wildman–Crippen LogP) is 7.19. The smallest absolute Gasteiger partial charge is 0.227 e. The van der Waals surface area contributed by atoms with Crippen LogP contribution in [0.15, 0.2) is 18.2 Å². The van der Waals surface area contributed by atoms with E-state index in [9.17, 15) is 15.2 Å². The van der Waals surface area contributed by atoms with Gasteiger partial charge in [-0.25, -0.2) is 4.98 Å². The largest absolute Gasteiger partial charge is 0.508 e. The second-order valence-electron chi connectivity index (χ2n) is 10.4. The molecule has 9 heteroatoms. The van der Waals surface area contributed by atoms with Gasteiger partial charge in [0.2, 0.25) is 5.91 Å². The van der Waals surface area contributed by atoms with Crippen molar-refractivity contribution in [1.29, 1.82) is 5.26 Å². The Kier molecular flexibility index (Phi) is 9.10. The molecular formula is C25H31Cl3N4O2. The van der Waals surface area contributed by atoms with Crippen molar-refractivity contribution in [3.05, 3.63) is 44.5 Å². The first-order chi connectivity index (χ1) is 15.7. The van der Waals surface area contributed by atoms with Crippen LogP contribution in [0.25, 0.3) is 0 Å². The molecule has 1 aromatic carbocycles. The summed E-state index contributed by atoms with van der Waals surface area (Å²) < 4.78 is 0. The van der Waals surface area contributed by atoms with Crippen LogP contribution in [0, 0.1) is 16.7 Å². The highest BCUT2D eigenvalue weighted by molar-refractivity contribution is 6.44. The van der Waals surface area contributed by atoms with Crippen LogP contribution in [0.2, 0.25) is 15.2 Å². The van der Waals surface area contributed by atoms with Gasteiger partial charge in [-0.15, -0.1) is 0 Å². The van der Waals surface area contributed by atoms with E-state index in [1.807, 2.05) is 32.9 Å². The van der Waals surface area contributed by atoms with Gasteiger partial charge in [0.1, 0.15) is 22.7 Å². The van der Waals surface area contributed by atoms with E-state index in [2.05, 4.69) is 31.1 Å². The number of anilines is 2. The van der Waals surface area contributed by atoms with E-state index in [1.54, 1.807) is 17.0 Å². The van der Waals surface area contributed by atoms with Crippen LogP contribution in [0.5, 0.6) is 5.75 Å². The summed E-state index contributed by atoms with van der Waals surface area (Å²) in [5.74, 6) is 0.372. The summed E-state index contributed by atoms with van der Waals surface area (Å²) in [7, 11) is 0. The zero-order chi connectivity index (χ0) is 25.8. The molecule has 184 valence electrons. The number of hydrogen-bond donors (Lipinski definition) is 2. The van der Waals surface area contributed by atoms with Crippen molar-refractivity contribution in [1.82, 2.24) is 4.98 Å². The van der Waals surface area contributed by atoms with Crippen molar-refractivity contribution in [2.24, 2.45) is 5.41 Å². The molecule has 0 aliphatic carbocycles. The van der Waals surface area contributed by atoms with Crippen LogP contribution in [0.3, 0.4) is 0 Å². The fourth-order valence-electron chi connectivity index (χ4n) is 3.32. The first-order valence-corrected chi connectivity index (χ1v) is 12.1. The Labute approximate surface area is 216 Å². The molecule has 0 saturated carbocycles. The van der Waals surface area contributed by atoms with Gasteiger partial charge in [-0.05, 0) is 35.4 Å². The topological polar surface area (TPSA) is 89.3 Å². The summed E-state index contributed by atoms with van der Waals surface area (Å²) in [5.41, 5.74) is 1.19. The number of phenolic OH excluding ortho intramolecular Hbond substituents is 1. The number of nitriles is 1. The zero-order valence-electron chi connectivity index (χ0n) is 20.4. The van der Waals surface area contributed by atoms with Crippen LogP contribution >= 0.6 is 34.8 Å². The third-order valence-electron chi connectivity index (χ3n) is 5.27. The Morgan fingerprint density at radius 1 is 1.15 bits per heavy atom. The Morgan fingerprint density at radius 3 is 2.35 bits per heavy atom. The first kappa shape index (κ1) is 28.0. The molecule has 6 nitrogen and oxygen atoms in total. The lowest BCUT2D eigenvalue weighted by molar-refractivity contribution is -0.119. The van der Waals surface area contributed by atoms with E-state index in [0.717, 1.165) is 12.0 Å². The molecule has 0 unspecified atom stereocenters. The third kappa shape index (κ3) is 7.15. The number of carbonyl (C=O) groups excluding carboxylic acids is 1. The Balaban J connectivity index is 2.33. The predicted molar refractivity (Wildman–Crippen MR) is 140 cm³/mol. The van der Waals surface area contributed by atoms with Crippen molar-refractivity contribution in [3.8, 4) is 11.8 Å². The number of aromatic nitrogens is 1. The van der Waals surface area contributed by atoms with Crippen LogP contribution in [0.1, 0.15) is 65.5 Å². The van der Waals surface area contributed by atoms with Crippen LogP contribution in [0.4, 0.5) is 11.5 Å². The number of nitrogens with one attached hydrogen (secondary N) is 1. The molecule has 1 amide bonds. The van der Waals surface area contributed by atoms with Crippen molar-refractivity contribution in [2.75, 3.05) is 23.3 Å². The van der Waals surface area contributed by atoms with Crippen molar-refractivity contribution in [2.45, 2.75) is 59.8 Å². The molecule has 2 N–H and O–H groups in total. The summed E-state index contributed by atoms with van der Waals surface area (Å²) >= 11 is 18.3. The highest BCUT2D eigenvalue weighted by Gasteiger charge is 2.24. The maximum atomic E-state index is 13.3. The molecule has 0 radical (unpaired) electrons. The quantitative estimate of drug-likeness (QED) is 0.373. The van der Waals surface area contributed by atoms with Crippen molar-refractivity contribution < 1.29 is 9.90 Å². The number of halogens is 3. The van der Waals surface area contributed by atoms with Gasteiger partial charge in [0, 0.05) is 30.8 Å². The lowest BCUT2D eigenvalue weighted by Crippen LogP contribution is -2.36. The second-order valence-corrected chi connectivity index (χ2v) is 11.5. The summed E-state index contributed by atoms with van der Waals surface area (Å²) in [4.78, 5) is 19.1. The van der Waals surface area contributed by atoms with Gasteiger partial charge in [-0.3, -0.25) is 4.79 Å². The van der Waals surface area contributed by atoms with Crippen molar-refractivity contribution >= 4 is 52.2 Å². The molecule has 0 saturated heterocycles. The minimum atomic E-state index is -0.302. The van der Waals surface area contributed by atoms with Gasteiger partial charge in [-0.2, -0.15) is 5.26 Å². The number of amides is 1. The molecule has 2 aromatic rings. The maximum Gasteiger partial charge on any atom is 0.227 e. The van der Waals surface area contributed by atoms with E-state index in [0.29, 0.717) is 25.2 Å². The SMILES string of the molecule is CC(C)(C)CCC(=O)N(CCNc1nc(Cl)c(Cl)c(C#N)c1Cl)c1ccc(O)c(C(C)(C)C)c1. The molecule has 0 aliphatic rings. The minimum absolute atomic E-state index is 0.00231. The summed E-state index contributed by atoms with van der Waals surface area (Å²) in [6.45, 7) is 12.9. The average molecular weight is 526 g/mol. The number of carbonyl (C=O) groups is 1. The monoisotopic (exact) mass is 524 g/mol. The van der Waals surface area contributed by atoms with Gasteiger partial charge >= 0.3 is 0 Å². The average Bonchev–Trinajstić information content (AvgIpc) is 2.72. The molecule has 0 bridgehead atoms. The lowest BCUT2D eigenvalue weighted by Gasteiger charge is -2.28. The van der Waals surface area contributed by atoms with Crippen molar-refractivity contribution in [3.63, 3.8) is 0 Å². The number of benzene rings is 1. The number of rotatable bonds is 7. The Hall–Kier alpha value is -2.20. The second kappa shape index (κ2) is 11.0. The molecule has 0 fully saturated rings. The molecular weight excluding hydrogens is 495 g/mol. The van der Waals surface area contributed by atoms with Gasteiger partial charge in [0.05, 0.1) is 10.6 Å². The fourth-order valence-corrected chi connectivity index (χ4v) is 3.98. The fraction of sp³-hybridized carbons (Fsp3) is 0.480. The zero-order valence-corrected chi connectivity index (χ0v) is 22.7. The van der Waals surface area contributed by atoms with E-state index < -0.39 is 0 Å². The maximum absolute atomic E-state index is 13.3. The molecule has 34 heavy (non-hydrogen) atoms. The van der Waals surface area contributed by atoms with Crippen LogP contribution in [-0.2, 0) is 10.2 Å². The van der Waals surface area contributed by atoms with E-state index in [-0.39, 0.29) is 49.1 Å². The lowest BCUT2D eigenvalue weighted by atomic mass is 9.86. The van der Waals surface area contributed by atoms with Crippen LogP contribution < -0.4 is 10.2 Å². The van der Waals surface area contributed by atoms with Gasteiger partial charge in [-0.1, -0.05) is 76.3 Å². The number of phenols is 1. The summed E-state index contributed by atoms with van der Waals surface area (Å²) in [5, 5.41) is 22.8. The minimum Gasteiger partial charge on any atom is -0.508 e. The Bertz CT molecular complexity index is 1100. The first-order valence-electron chi connectivity index (χ1n) is 11.0. The van der Waals surface area contributed by atoms with Gasteiger partial charge < -0.3 is 15.3 Å².